The molecule has 5 rings (SSSR count). The van der Waals surface area contributed by atoms with Crippen LogP contribution in [0.15, 0.2) is 78.9 Å². The first kappa shape index (κ1) is 22.0. The van der Waals surface area contributed by atoms with Gasteiger partial charge in [0.05, 0.1) is 0 Å². The number of ketones is 1. The molecule has 0 radical (unpaired) electrons. The number of hydrogen-bond donors (Lipinski definition) is 2. The number of fused-ring (bicyclic) bond motifs is 1. The van der Waals surface area contributed by atoms with Gasteiger partial charge in [-0.2, -0.15) is 0 Å². The Kier molecular flexibility index (Phi) is 5.52. The molecule has 34 heavy (non-hydrogen) atoms. The second-order valence-electron chi connectivity index (χ2n) is 9.68. The minimum atomic E-state index is -0.849. The molecule has 2 unspecified atom stereocenters. The fourth-order valence-corrected chi connectivity index (χ4v) is 5.04. The van der Waals surface area contributed by atoms with E-state index in [0.29, 0.717) is 29.9 Å². The van der Waals surface area contributed by atoms with E-state index in [9.17, 15) is 9.59 Å². The lowest BCUT2D eigenvalue weighted by Gasteiger charge is -2.49. The van der Waals surface area contributed by atoms with Gasteiger partial charge < -0.3 is 20.1 Å². The lowest BCUT2D eigenvalue weighted by molar-refractivity contribution is -0.0236. The van der Waals surface area contributed by atoms with Crippen LogP contribution in [0, 0.1) is 0 Å². The third-order valence-corrected chi connectivity index (χ3v) is 6.39. The minimum Gasteiger partial charge on any atom is -0.485 e. The number of amides is 2. The highest BCUT2D eigenvalue weighted by Crippen LogP contribution is 2.47. The number of ether oxygens (including phenoxy) is 2. The number of urea groups is 1. The van der Waals surface area contributed by atoms with Crippen LogP contribution in [0.5, 0.6) is 11.5 Å². The molecule has 1 saturated heterocycles. The molecule has 0 aliphatic carbocycles. The number of carbonyl (C=O) groups excluding carboxylic acids is 2. The third-order valence-electron chi connectivity index (χ3n) is 6.39. The Bertz CT molecular complexity index is 1210. The average Bonchev–Trinajstić information content (AvgIpc) is 2.81. The first-order valence-electron chi connectivity index (χ1n) is 11.5. The van der Waals surface area contributed by atoms with Crippen molar-refractivity contribution in [1.82, 2.24) is 10.6 Å². The Hall–Kier alpha value is -3.80. The average molecular weight is 457 g/mol. The molecule has 2 aliphatic rings. The first-order valence-corrected chi connectivity index (χ1v) is 11.5. The van der Waals surface area contributed by atoms with Gasteiger partial charge in [0.1, 0.15) is 11.5 Å². The van der Waals surface area contributed by atoms with Crippen LogP contribution < -0.4 is 20.1 Å². The van der Waals surface area contributed by atoms with Gasteiger partial charge in [0.2, 0.25) is 0 Å². The van der Waals surface area contributed by atoms with Gasteiger partial charge in [0.15, 0.2) is 18.1 Å². The number of rotatable bonds is 5. The Balaban J connectivity index is 1.46. The molecule has 1 fully saturated rings. The predicted octanol–water partition coefficient (Wildman–Crippen LogP) is 5.04. The van der Waals surface area contributed by atoms with Crippen LogP contribution in [0.3, 0.4) is 0 Å². The van der Waals surface area contributed by atoms with Crippen molar-refractivity contribution in [2.75, 3.05) is 6.61 Å². The predicted molar refractivity (Wildman–Crippen MR) is 129 cm³/mol. The van der Waals surface area contributed by atoms with Gasteiger partial charge >= 0.3 is 6.03 Å². The molecule has 2 atom stereocenters. The van der Waals surface area contributed by atoms with Crippen LogP contribution in [0.25, 0.3) is 0 Å². The summed E-state index contributed by atoms with van der Waals surface area (Å²) in [6, 6.07) is 24.8. The standard InChI is InChI=1S/C28H28N2O4/c1-27(2)18-28(30-26(32)29-27)16-23(19-9-5-3-6-10-19)22-14-13-21(15-25(22)34-28)33-17-24(31)20-11-7-4-8-12-20/h3-15,23H,16-18H2,1-2H3,(H2,29,30,32). The second-order valence-corrected chi connectivity index (χ2v) is 9.68. The summed E-state index contributed by atoms with van der Waals surface area (Å²) in [5, 5.41) is 6.03. The molecule has 174 valence electrons. The van der Waals surface area contributed by atoms with Gasteiger partial charge in [0, 0.05) is 41.5 Å². The highest BCUT2D eigenvalue weighted by molar-refractivity contribution is 5.97. The third kappa shape index (κ3) is 4.49. The van der Waals surface area contributed by atoms with E-state index in [2.05, 4.69) is 22.8 Å². The molecule has 0 bridgehead atoms. The zero-order valence-electron chi connectivity index (χ0n) is 19.3. The van der Waals surface area contributed by atoms with E-state index in [-0.39, 0.29) is 24.3 Å². The van der Waals surface area contributed by atoms with Crippen molar-refractivity contribution in [3.63, 3.8) is 0 Å². The summed E-state index contributed by atoms with van der Waals surface area (Å²) < 4.78 is 12.4. The normalized spacial score (nSPS) is 22.6. The monoisotopic (exact) mass is 456 g/mol. The molecule has 6 nitrogen and oxygen atoms in total. The Morgan fingerprint density at radius 2 is 1.71 bits per heavy atom. The van der Waals surface area contributed by atoms with E-state index >= 15 is 0 Å². The van der Waals surface area contributed by atoms with Crippen molar-refractivity contribution in [2.24, 2.45) is 0 Å². The largest absolute Gasteiger partial charge is 0.485 e. The first-order chi connectivity index (χ1) is 16.3. The van der Waals surface area contributed by atoms with E-state index in [1.54, 1.807) is 12.1 Å². The smallest absolute Gasteiger partial charge is 0.318 e. The Morgan fingerprint density at radius 3 is 2.41 bits per heavy atom. The maximum absolute atomic E-state index is 12.5. The maximum Gasteiger partial charge on any atom is 0.318 e. The topological polar surface area (TPSA) is 76.7 Å². The molecule has 2 amide bonds. The number of carbonyl (C=O) groups is 2. The molecule has 3 aromatic carbocycles. The van der Waals surface area contributed by atoms with E-state index < -0.39 is 11.3 Å². The van der Waals surface area contributed by atoms with E-state index in [1.807, 2.05) is 68.4 Å². The summed E-state index contributed by atoms with van der Waals surface area (Å²) >= 11 is 0. The van der Waals surface area contributed by atoms with Gasteiger partial charge in [-0.05, 0) is 25.5 Å². The van der Waals surface area contributed by atoms with Crippen LogP contribution in [0.4, 0.5) is 4.79 Å². The highest BCUT2D eigenvalue weighted by atomic mass is 16.5. The molecule has 6 heteroatoms. The summed E-state index contributed by atoms with van der Waals surface area (Å²) in [6.07, 6.45) is 1.22. The van der Waals surface area contributed by atoms with Crippen molar-refractivity contribution >= 4 is 11.8 Å². The minimum absolute atomic E-state index is 0.0409. The van der Waals surface area contributed by atoms with Crippen LogP contribution in [-0.4, -0.2) is 29.7 Å². The lowest BCUT2D eigenvalue weighted by Crippen LogP contribution is -2.69. The SMILES string of the molecule is CC1(C)CC2(CC(c3ccccc3)c3ccc(OCC(=O)c4ccccc4)cc3O2)NC(=O)N1. The van der Waals surface area contributed by atoms with Crippen molar-refractivity contribution < 1.29 is 19.1 Å². The number of nitrogens with one attached hydrogen (secondary N) is 2. The van der Waals surface area contributed by atoms with Crippen molar-refractivity contribution in [2.45, 2.75) is 43.9 Å². The summed E-state index contributed by atoms with van der Waals surface area (Å²) in [5.74, 6) is 1.15. The fourth-order valence-electron chi connectivity index (χ4n) is 5.04. The molecule has 2 N–H and O–H groups in total. The van der Waals surface area contributed by atoms with Crippen molar-refractivity contribution in [1.29, 1.82) is 0 Å². The summed E-state index contributed by atoms with van der Waals surface area (Å²) in [5.41, 5.74) is 1.53. The second kappa shape index (κ2) is 8.52. The van der Waals surface area contributed by atoms with Crippen LogP contribution in [0.1, 0.15) is 54.1 Å². The molecular weight excluding hydrogens is 428 g/mol. The maximum atomic E-state index is 12.5. The zero-order valence-corrected chi connectivity index (χ0v) is 19.3. The molecule has 0 aromatic heterocycles. The van der Waals surface area contributed by atoms with Crippen molar-refractivity contribution in [3.05, 3.63) is 95.6 Å². The summed E-state index contributed by atoms with van der Waals surface area (Å²) in [6.45, 7) is 3.93. The fraction of sp³-hybridized carbons (Fsp3) is 0.286. The van der Waals surface area contributed by atoms with Gasteiger partial charge in [-0.1, -0.05) is 66.7 Å². The summed E-state index contributed by atoms with van der Waals surface area (Å²) in [7, 11) is 0. The quantitative estimate of drug-likeness (QED) is 0.528. The molecule has 1 spiro atoms. The van der Waals surface area contributed by atoms with E-state index in [1.165, 1.54) is 0 Å². The molecular formula is C28H28N2O4. The Morgan fingerprint density at radius 1 is 1.00 bits per heavy atom. The highest BCUT2D eigenvalue weighted by Gasteiger charge is 2.49. The molecule has 3 aromatic rings. The van der Waals surface area contributed by atoms with Crippen LogP contribution >= 0.6 is 0 Å². The molecule has 0 saturated carbocycles. The molecule has 2 heterocycles. The zero-order chi connectivity index (χ0) is 23.8. The van der Waals surface area contributed by atoms with Gasteiger partial charge in [-0.3, -0.25) is 4.79 Å². The van der Waals surface area contributed by atoms with Crippen LogP contribution in [0.2, 0.25) is 0 Å². The number of benzene rings is 3. The Labute approximate surface area is 199 Å². The molecule has 2 aliphatic heterocycles. The number of hydrogen-bond acceptors (Lipinski definition) is 4. The van der Waals surface area contributed by atoms with Gasteiger partial charge in [-0.15, -0.1) is 0 Å². The van der Waals surface area contributed by atoms with E-state index in [0.717, 1.165) is 11.1 Å². The van der Waals surface area contributed by atoms with Crippen molar-refractivity contribution in [3.8, 4) is 11.5 Å². The number of Topliss-reactive ketones (excluding diaryl/α,β-unsaturated/α-hetero) is 1. The van der Waals surface area contributed by atoms with E-state index in [4.69, 9.17) is 9.47 Å². The van der Waals surface area contributed by atoms with Crippen LogP contribution in [-0.2, 0) is 0 Å². The van der Waals surface area contributed by atoms with Gasteiger partial charge in [-0.25, -0.2) is 4.79 Å². The lowest BCUT2D eigenvalue weighted by atomic mass is 9.77. The van der Waals surface area contributed by atoms with Gasteiger partial charge in [0.25, 0.3) is 0 Å². The summed E-state index contributed by atoms with van der Waals surface area (Å²) in [4.78, 5) is 25.0.